The van der Waals surface area contributed by atoms with Crippen LogP contribution in [0.25, 0.3) is 6.08 Å². The summed E-state index contributed by atoms with van der Waals surface area (Å²) < 4.78 is 15.9. The molecule has 116 valence electrons. The van der Waals surface area contributed by atoms with Gasteiger partial charge >= 0.3 is 0 Å². The first kappa shape index (κ1) is 15.7. The monoisotopic (exact) mass is 301 g/mol. The van der Waals surface area contributed by atoms with Crippen molar-refractivity contribution in [2.24, 2.45) is 0 Å². The molecule has 0 saturated heterocycles. The van der Waals surface area contributed by atoms with Crippen LogP contribution >= 0.6 is 0 Å². The van der Waals surface area contributed by atoms with Crippen molar-refractivity contribution in [1.29, 1.82) is 0 Å². The zero-order valence-electron chi connectivity index (χ0n) is 12.7. The SMILES string of the molecule is CCOc1cc(/C=C/C(=O)NCc2ccco2)ccc1OC. The molecule has 1 aromatic heterocycles. The average molecular weight is 301 g/mol. The van der Waals surface area contributed by atoms with Gasteiger partial charge in [-0.3, -0.25) is 4.79 Å². The summed E-state index contributed by atoms with van der Waals surface area (Å²) in [6.45, 7) is 2.82. The van der Waals surface area contributed by atoms with Crippen molar-refractivity contribution in [2.75, 3.05) is 13.7 Å². The van der Waals surface area contributed by atoms with E-state index in [0.29, 0.717) is 30.4 Å². The number of hydrogen-bond donors (Lipinski definition) is 1. The van der Waals surface area contributed by atoms with Crippen molar-refractivity contribution < 1.29 is 18.7 Å². The minimum absolute atomic E-state index is 0.190. The van der Waals surface area contributed by atoms with Crippen LogP contribution in [-0.4, -0.2) is 19.6 Å². The Kier molecular flexibility index (Phi) is 5.65. The third kappa shape index (κ3) is 4.41. The fraction of sp³-hybridized carbons (Fsp3) is 0.235. The van der Waals surface area contributed by atoms with E-state index in [2.05, 4.69) is 5.32 Å². The Morgan fingerprint density at radius 1 is 1.32 bits per heavy atom. The summed E-state index contributed by atoms with van der Waals surface area (Å²) in [4.78, 5) is 11.7. The number of furan rings is 1. The predicted molar refractivity (Wildman–Crippen MR) is 83.8 cm³/mol. The molecule has 22 heavy (non-hydrogen) atoms. The van der Waals surface area contributed by atoms with Crippen molar-refractivity contribution in [3.63, 3.8) is 0 Å². The summed E-state index contributed by atoms with van der Waals surface area (Å²) in [6.07, 6.45) is 4.77. The van der Waals surface area contributed by atoms with Gasteiger partial charge in [-0.15, -0.1) is 0 Å². The summed E-state index contributed by atoms with van der Waals surface area (Å²) in [5, 5.41) is 2.74. The molecule has 0 spiro atoms. The van der Waals surface area contributed by atoms with Crippen molar-refractivity contribution in [3.8, 4) is 11.5 Å². The first-order chi connectivity index (χ1) is 10.7. The Balaban J connectivity index is 1.96. The van der Waals surface area contributed by atoms with E-state index >= 15 is 0 Å². The van der Waals surface area contributed by atoms with E-state index in [4.69, 9.17) is 13.9 Å². The molecule has 1 N–H and O–H groups in total. The Hall–Kier alpha value is -2.69. The topological polar surface area (TPSA) is 60.7 Å². The number of carbonyl (C=O) groups is 1. The van der Waals surface area contributed by atoms with Crippen molar-refractivity contribution in [3.05, 3.63) is 54.0 Å². The molecule has 0 aliphatic heterocycles. The van der Waals surface area contributed by atoms with Crippen LogP contribution in [0, 0.1) is 0 Å². The molecule has 0 unspecified atom stereocenters. The Labute approximate surface area is 129 Å². The van der Waals surface area contributed by atoms with E-state index in [1.54, 1.807) is 25.5 Å². The van der Waals surface area contributed by atoms with Crippen LogP contribution in [0.4, 0.5) is 0 Å². The van der Waals surface area contributed by atoms with Crippen LogP contribution in [0.5, 0.6) is 11.5 Å². The molecule has 5 nitrogen and oxygen atoms in total. The third-order valence-electron chi connectivity index (χ3n) is 2.93. The molecule has 0 fully saturated rings. The lowest BCUT2D eigenvalue weighted by Crippen LogP contribution is -2.19. The van der Waals surface area contributed by atoms with Crippen molar-refractivity contribution in [2.45, 2.75) is 13.5 Å². The van der Waals surface area contributed by atoms with Gasteiger partial charge in [0.15, 0.2) is 11.5 Å². The molecule has 1 heterocycles. The van der Waals surface area contributed by atoms with Gasteiger partial charge in [0.25, 0.3) is 0 Å². The number of methoxy groups -OCH3 is 1. The highest BCUT2D eigenvalue weighted by Crippen LogP contribution is 2.28. The number of hydrogen-bond acceptors (Lipinski definition) is 4. The maximum Gasteiger partial charge on any atom is 0.244 e. The van der Waals surface area contributed by atoms with Crippen LogP contribution in [0.1, 0.15) is 18.2 Å². The van der Waals surface area contributed by atoms with E-state index < -0.39 is 0 Å². The lowest BCUT2D eigenvalue weighted by molar-refractivity contribution is -0.116. The molecule has 0 bridgehead atoms. The van der Waals surface area contributed by atoms with E-state index in [0.717, 1.165) is 5.56 Å². The summed E-state index contributed by atoms with van der Waals surface area (Å²) in [5.74, 6) is 1.85. The van der Waals surface area contributed by atoms with Crippen LogP contribution in [0.3, 0.4) is 0 Å². The standard InChI is InChI=1S/C17H19NO4/c1-3-21-16-11-13(6-8-15(16)20-2)7-9-17(19)18-12-14-5-4-10-22-14/h4-11H,3,12H2,1-2H3,(H,18,19)/b9-7+. The van der Waals surface area contributed by atoms with Gasteiger partial charge < -0.3 is 19.2 Å². The van der Waals surface area contributed by atoms with Crippen LogP contribution in [0.15, 0.2) is 47.1 Å². The molecular formula is C17H19NO4. The number of nitrogens with one attached hydrogen (secondary N) is 1. The number of carbonyl (C=O) groups excluding carboxylic acids is 1. The molecule has 5 heteroatoms. The zero-order chi connectivity index (χ0) is 15.8. The number of rotatable bonds is 7. The molecule has 1 amide bonds. The molecule has 2 rings (SSSR count). The minimum Gasteiger partial charge on any atom is -0.493 e. The summed E-state index contributed by atoms with van der Waals surface area (Å²) in [7, 11) is 1.59. The maximum absolute atomic E-state index is 11.7. The molecular weight excluding hydrogens is 282 g/mol. The minimum atomic E-state index is -0.190. The Morgan fingerprint density at radius 2 is 2.18 bits per heavy atom. The van der Waals surface area contributed by atoms with Gasteiger partial charge in [0.2, 0.25) is 5.91 Å². The van der Waals surface area contributed by atoms with Gasteiger partial charge in [-0.05, 0) is 42.8 Å². The van der Waals surface area contributed by atoms with Gasteiger partial charge in [0.1, 0.15) is 5.76 Å². The predicted octanol–water partition coefficient (Wildman–Crippen LogP) is 3.02. The van der Waals surface area contributed by atoms with Gasteiger partial charge in [0, 0.05) is 6.08 Å². The lowest BCUT2D eigenvalue weighted by Gasteiger charge is -2.09. The summed E-state index contributed by atoms with van der Waals surface area (Å²) >= 11 is 0. The van der Waals surface area contributed by atoms with Crippen molar-refractivity contribution in [1.82, 2.24) is 5.32 Å². The van der Waals surface area contributed by atoms with Gasteiger partial charge in [-0.25, -0.2) is 0 Å². The molecule has 2 aromatic rings. The fourth-order valence-corrected chi connectivity index (χ4v) is 1.88. The maximum atomic E-state index is 11.7. The Morgan fingerprint density at radius 3 is 2.86 bits per heavy atom. The summed E-state index contributed by atoms with van der Waals surface area (Å²) in [5.41, 5.74) is 0.859. The highest BCUT2D eigenvalue weighted by atomic mass is 16.5. The smallest absolute Gasteiger partial charge is 0.244 e. The van der Waals surface area contributed by atoms with E-state index in [1.165, 1.54) is 6.08 Å². The third-order valence-corrected chi connectivity index (χ3v) is 2.93. The summed E-state index contributed by atoms with van der Waals surface area (Å²) in [6, 6.07) is 9.09. The quantitative estimate of drug-likeness (QED) is 0.799. The van der Waals surface area contributed by atoms with Crippen LogP contribution in [-0.2, 0) is 11.3 Å². The fourth-order valence-electron chi connectivity index (χ4n) is 1.88. The van der Waals surface area contributed by atoms with Crippen molar-refractivity contribution >= 4 is 12.0 Å². The lowest BCUT2D eigenvalue weighted by atomic mass is 10.2. The second-order valence-corrected chi connectivity index (χ2v) is 4.47. The molecule has 0 aliphatic rings. The molecule has 0 saturated carbocycles. The van der Waals surface area contributed by atoms with E-state index in [-0.39, 0.29) is 5.91 Å². The van der Waals surface area contributed by atoms with Gasteiger partial charge in [0.05, 0.1) is 26.5 Å². The van der Waals surface area contributed by atoms with Gasteiger partial charge in [-0.2, -0.15) is 0 Å². The normalized spacial score (nSPS) is 10.6. The number of amides is 1. The van der Waals surface area contributed by atoms with E-state index in [9.17, 15) is 4.79 Å². The first-order valence-electron chi connectivity index (χ1n) is 7.02. The first-order valence-corrected chi connectivity index (χ1v) is 7.02. The van der Waals surface area contributed by atoms with E-state index in [1.807, 2.05) is 31.2 Å². The molecule has 0 aliphatic carbocycles. The average Bonchev–Trinajstić information content (AvgIpc) is 3.05. The van der Waals surface area contributed by atoms with Gasteiger partial charge in [-0.1, -0.05) is 6.07 Å². The highest BCUT2D eigenvalue weighted by molar-refractivity contribution is 5.91. The Bertz CT molecular complexity index is 632. The highest BCUT2D eigenvalue weighted by Gasteiger charge is 2.04. The second kappa shape index (κ2) is 7.93. The zero-order valence-corrected chi connectivity index (χ0v) is 12.7. The molecule has 1 aromatic carbocycles. The molecule has 0 radical (unpaired) electrons. The second-order valence-electron chi connectivity index (χ2n) is 4.47. The number of ether oxygens (including phenoxy) is 2. The number of benzene rings is 1. The molecule has 0 atom stereocenters. The van der Waals surface area contributed by atoms with Crippen LogP contribution in [0.2, 0.25) is 0 Å². The largest absolute Gasteiger partial charge is 0.493 e. The van der Waals surface area contributed by atoms with Crippen LogP contribution < -0.4 is 14.8 Å².